The van der Waals surface area contributed by atoms with E-state index in [1.807, 2.05) is 60.7 Å². The van der Waals surface area contributed by atoms with Gasteiger partial charge in [-0.15, -0.1) is 0 Å². The van der Waals surface area contributed by atoms with Crippen molar-refractivity contribution in [2.24, 2.45) is 0 Å². The molecule has 1 aliphatic heterocycles. The monoisotopic (exact) mass is 347 g/mol. The summed E-state index contributed by atoms with van der Waals surface area (Å²) in [6, 6.07) is 22.2. The fourth-order valence-electron chi connectivity index (χ4n) is 2.61. The number of fused-ring (bicyclic) bond motifs is 1. The largest absolute Gasteiger partial charge is 0.489 e. The van der Waals surface area contributed by atoms with Crippen LogP contribution in [0.1, 0.15) is 15.9 Å². The topological polar surface area (TPSA) is 56.8 Å². The van der Waals surface area contributed by atoms with Crippen molar-refractivity contribution >= 4 is 11.6 Å². The van der Waals surface area contributed by atoms with Crippen LogP contribution in [0.25, 0.3) is 0 Å². The first-order chi connectivity index (χ1) is 12.8. The molecule has 0 radical (unpaired) electrons. The maximum Gasteiger partial charge on any atom is 0.255 e. The molecule has 5 nitrogen and oxygen atoms in total. The van der Waals surface area contributed by atoms with Gasteiger partial charge in [0.1, 0.15) is 12.4 Å². The number of hydrogen-bond donors (Lipinski definition) is 1. The summed E-state index contributed by atoms with van der Waals surface area (Å²) >= 11 is 0. The van der Waals surface area contributed by atoms with Gasteiger partial charge >= 0.3 is 0 Å². The van der Waals surface area contributed by atoms with Gasteiger partial charge in [-0.25, -0.2) is 0 Å². The van der Waals surface area contributed by atoms with Crippen molar-refractivity contribution in [3.8, 4) is 17.2 Å². The van der Waals surface area contributed by atoms with Crippen molar-refractivity contribution in [2.45, 2.75) is 6.61 Å². The van der Waals surface area contributed by atoms with E-state index in [1.165, 1.54) is 0 Å². The Labute approximate surface area is 151 Å². The van der Waals surface area contributed by atoms with E-state index in [9.17, 15) is 4.79 Å². The van der Waals surface area contributed by atoms with Gasteiger partial charge in [-0.05, 0) is 42.0 Å². The second kappa shape index (κ2) is 7.19. The van der Waals surface area contributed by atoms with Gasteiger partial charge in [0.15, 0.2) is 11.5 Å². The molecule has 1 amide bonds. The van der Waals surface area contributed by atoms with Crippen molar-refractivity contribution < 1.29 is 19.0 Å². The van der Waals surface area contributed by atoms with Crippen LogP contribution in [0.2, 0.25) is 0 Å². The number of ether oxygens (including phenoxy) is 3. The van der Waals surface area contributed by atoms with Crippen LogP contribution in [-0.4, -0.2) is 12.7 Å². The number of amides is 1. The molecule has 0 saturated heterocycles. The third-order valence-corrected chi connectivity index (χ3v) is 4.00. The van der Waals surface area contributed by atoms with E-state index in [-0.39, 0.29) is 12.7 Å². The van der Waals surface area contributed by atoms with Crippen molar-refractivity contribution in [1.82, 2.24) is 0 Å². The predicted molar refractivity (Wildman–Crippen MR) is 97.7 cm³/mol. The Balaban J connectivity index is 1.36. The molecule has 0 spiro atoms. The molecule has 1 N–H and O–H groups in total. The minimum atomic E-state index is -0.139. The minimum Gasteiger partial charge on any atom is -0.489 e. The van der Waals surface area contributed by atoms with Gasteiger partial charge in [-0.1, -0.05) is 30.3 Å². The molecule has 1 heterocycles. The summed E-state index contributed by atoms with van der Waals surface area (Å²) in [6.45, 7) is 0.644. The number of nitrogens with one attached hydrogen (secondary N) is 1. The number of para-hydroxylation sites is 1. The Morgan fingerprint density at radius 1 is 0.923 bits per heavy atom. The van der Waals surface area contributed by atoms with Crippen LogP contribution in [0.4, 0.5) is 5.69 Å². The Kier molecular flexibility index (Phi) is 4.43. The quantitative estimate of drug-likeness (QED) is 0.750. The van der Waals surface area contributed by atoms with Gasteiger partial charge in [0.25, 0.3) is 5.91 Å². The maximum absolute atomic E-state index is 12.2. The zero-order valence-corrected chi connectivity index (χ0v) is 14.0. The predicted octanol–water partition coefficient (Wildman–Crippen LogP) is 4.25. The summed E-state index contributed by atoms with van der Waals surface area (Å²) in [5.41, 5.74) is 2.34. The second-order valence-corrected chi connectivity index (χ2v) is 5.82. The fraction of sp³-hybridized carbons (Fsp3) is 0.0952. The number of carbonyl (C=O) groups is 1. The van der Waals surface area contributed by atoms with Crippen molar-refractivity contribution in [3.63, 3.8) is 0 Å². The summed E-state index contributed by atoms with van der Waals surface area (Å²) in [6.07, 6.45) is 0. The van der Waals surface area contributed by atoms with E-state index < -0.39 is 0 Å². The SMILES string of the molecule is O=C(Nc1ccccc1)c1ccc(COc2ccc3c(c2)OCO3)cc1. The van der Waals surface area contributed by atoms with Gasteiger partial charge < -0.3 is 19.5 Å². The minimum absolute atomic E-state index is 0.139. The lowest BCUT2D eigenvalue weighted by atomic mass is 10.1. The van der Waals surface area contributed by atoms with Crippen molar-refractivity contribution in [2.75, 3.05) is 12.1 Å². The van der Waals surface area contributed by atoms with Gasteiger partial charge in [-0.2, -0.15) is 0 Å². The molecular weight excluding hydrogens is 330 g/mol. The van der Waals surface area contributed by atoms with E-state index in [0.717, 1.165) is 17.0 Å². The Bertz CT molecular complexity index is 907. The molecule has 0 atom stereocenters. The fourth-order valence-corrected chi connectivity index (χ4v) is 2.61. The van der Waals surface area contributed by atoms with Gasteiger partial charge in [0, 0.05) is 17.3 Å². The summed E-state index contributed by atoms with van der Waals surface area (Å²) in [7, 11) is 0. The first-order valence-corrected chi connectivity index (χ1v) is 8.26. The van der Waals surface area contributed by atoms with Gasteiger partial charge in [-0.3, -0.25) is 4.79 Å². The maximum atomic E-state index is 12.2. The highest BCUT2D eigenvalue weighted by molar-refractivity contribution is 6.04. The van der Waals surface area contributed by atoms with Crippen LogP contribution < -0.4 is 19.5 Å². The van der Waals surface area contributed by atoms with Gasteiger partial charge in [0.2, 0.25) is 6.79 Å². The lowest BCUT2D eigenvalue weighted by molar-refractivity contribution is 0.102. The molecule has 0 aliphatic carbocycles. The number of hydrogen-bond acceptors (Lipinski definition) is 4. The molecule has 130 valence electrons. The Morgan fingerprint density at radius 2 is 1.69 bits per heavy atom. The summed E-state index contributed by atoms with van der Waals surface area (Å²) in [5, 5.41) is 2.86. The smallest absolute Gasteiger partial charge is 0.255 e. The molecule has 26 heavy (non-hydrogen) atoms. The number of anilines is 1. The van der Waals surface area contributed by atoms with Crippen LogP contribution in [0.3, 0.4) is 0 Å². The number of carbonyl (C=O) groups excluding carboxylic acids is 1. The van der Waals surface area contributed by atoms with Crippen LogP contribution in [-0.2, 0) is 6.61 Å². The molecule has 3 aromatic carbocycles. The van der Waals surface area contributed by atoms with E-state index in [0.29, 0.717) is 23.7 Å². The highest BCUT2D eigenvalue weighted by Gasteiger charge is 2.13. The van der Waals surface area contributed by atoms with E-state index in [4.69, 9.17) is 14.2 Å². The zero-order chi connectivity index (χ0) is 17.8. The lowest BCUT2D eigenvalue weighted by Crippen LogP contribution is -2.11. The summed E-state index contributed by atoms with van der Waals surface area (Å²) < 4.78 is 16.4. The molecule has 0 unspecified atom stereocenters. The first kappa shape index (κ1) is 16.0. The Hall–Kier alpha value is -3.47. The molecule has 1 aliphatic rings. The third kappa shape index (κ3) is 3.62. The zero-order valence-electron chi connectivity index (χ0n) is 14.0. The highest BCUT2D eigenvalue weighted by atomic mass is 16.7. The van der Waals surface area contributed by atoms with Crippen LogP contribution in [0.5, 0.6) is 17.2 Å². The van der Waals surface area contributed by atoms with Crippen LogP contribution in [0.15, 0.2) is 72.8 Å². The summed E-state index contributed by atoms with van der Waals surface area (Å²) in [5.74, 6) is 1.99. The van der Waals surface area contributed by atoms with Crippen molar-refractivity contribution in [1.29, 1.82) is 0 Å². The lowest BCUT2D eigenvalue weighted by Gasteiger charge is -2.08. The number of rotatable bonds is 5. The molecule has 0 saturated carbocycles. The average molecular weight is 347 g/mol. The Morgan fingerprint density at radius 3 is 2.50 bits per heavy atom. The van der Waals surface area contributed by atoms with E-state index >= 15 is 0 Å². The highest BCUT2D eigenvalue weighted by Crippen LogP contribution is 2.35. The van der Waals surface area contributed by atoms with E-state index in [2.05, 4.69) is 5.32 Å². The molecule has 0 aromatic heterocycles. The van der Waals surface area contributed by atoms with Crippen molar-refractivity contribution in [3.05, 3.63) is 83.9 Å². The number of benzene rings is 3. The normalized spacial score (nSPS) is 11.8. The van der Waals surface area contributed by atoms with Gasteiger partial charge in [0.05, 0.1) is 0 Å². The molecule has 3 aromatic rings. The average Bonchev–Trinajstić information content (AvgIpc) is 3.15. The molecule has 0 fully saturated rings. The molecule has 0 bridgehead atoms. The third-order valence-electron chi connectivity index (χ3n) is 4.00. The molecular formula is C21H17NO4. The van der Waals surface area contributed by atoms with Crippen LogP contribution >= 0.6 is 0 Å². The summed E-state index contributed by atoms with van der Waals surface area (Å²) in [4.78, 5) is 12.2. The van der Waals surface area contributed by atoms with Crippen LogP contribution in [0, 0.1) is 0 Å². The van der Waals surface area contributed by atoms with E-state index in [1.54, 1.807) is 12.1 Å². The molecule has 5 heteroatoms. The standard InChI is InChI=1S/C21H17NO4/c23-21(22-17-4-2-1-3-5-17)16-8-6-15(7-9-16)13-24-18-10-11-19-20(12-18)26-14-25-19/h1-12H,13-14H2,(H,22,23). The molecule has 4 rings (SSSR count). The second-order valence-electron chi connectivity index (χ2n) is 5.82. The first-order valence-electron chi connectivity index (χ1n) is 8.26.